The molecule has 0 radical (unpaired) electrons. The number of rotatable bonds is 1. The molecule has 0 unspecified atom stereocenters. The quantitative estimate of drug-likeness (QED) is 0.490. The first-order valence-electron chi connectivity index (χ1n) is 5.10. The summed E-state index contributed by atoms with van der Waals surface area (Å²) in [6.07, 6.45) is 4.06. The van der Waals surface area contributed by atoms with Gasteiger partial charge in [-0.2, -0.15) is 23.8 Å². The summed E-state index contributed by atoms with van der Waals surface area (Å²) in [5.41, 5.74) is 2.52. The first-order chi connectivity index (χ1) is 6.36. The molecule has 0 bridgehead atoms. The second-order valence-electron chi connectivity index (χ2n) is 3.77. The van der Waals surface area contributed by atoms with Crippen LogP contribution in [0.5, 0.6) is 0 Å². The van der Waals surface area contributed by atoms with E-state index in [0.717, 1.165) is 0 Å². The van der Waals surface area contributed by atoms with Crippen molar-refractivity contribution in [3.63, 3.8) is 0 Å². The van der Waals surface area contributed by atoms with Gasteiger partial charge in [0.25, 0.3) is 0 Å². The van der Waals surface area contributed by atoms with Crippen LogP contribution in [0.2, 0.25) is 0 Å². The number of benzene rings is 1. The molecule has 1 aromatic rings. The molecule has 0 saturated carbocycles. The second-order valence-corrected chi connectivity index (χ2v) is 3.77. The van der Waals surface area contributed by atoms with E-state index in [1.807, 2.05) is 0 Å². The summed E-state index contributed by atoms with van der Waals surface area (Å²) in [6.45, 7) is 4.52. The molecule has 1 heterocycles. The molecule has 3 heteroatoms. The Balaban J connectivity index is 0.000000980. The number of piperidine rings is 1. The molecule has 0 amide bonds. The van der Waals surface area contributed by atoms with Crippen molar-refractivity contribution in [1.82, 2.24) is 0 Å². The van der Waals surface area contributed by atoms with Gasteiger partial charge in [-0.15, -0.1) is 6.07 Å². The molecule has 15 heavy (non-hydrogen) atoms. The zero-order valence-electron chi connectivity index (χ0n) is 9.30. The molecule has 1 saturated heterocycles. The van der Waals surface area contributed by atoms with Crippen molar-refractivity contribution in [2.24, 2.45) is 0 Å². The van der Waals surface area contributed by atoms with Crippen molar-refractivity contribution >= 4 is 28.7 Å². The average molecular weight is 278 g/mol. The molecule has 1 aliphatic rings. The Morgan fingerprint density at radius 1 is 1.13 bits per heavy atom. The molecule has 0 N–H and O–H groups in total. The van der Waals surface area contributed by atoms with Gasteiger partial charge in [0, 0.05) is 13.1 Å². The number of hydrogen-bond donors (Lipinski definition) is 0. The Bertz CT molecular complexity index is 285. The van der Waals surface area contributed by atoms with Crippen LogP contribution < -0.4 is 21.9 Å². The zero-order chi connectivity index (χ0) is 9.10. The van der Waals surface area contributed by atoms with Crippen LogP contribution >= 0.6 is 0 Å². The van der Waals surface area contributed by atoms with Gasteiger partial charge in [0.2, 0.25) is 0 Å². The van der Waals surface area contributed by atoms with Crippen LogP contribution in [-0.4, -0.2) is 36.1 Å². The number of nitrogens with zero attached hydrogens (tertiary/aromatic N) is 1. The Morgan fingerprint density at radius 2 is 1.80 bits per heavy atom. The molecule has 2 rings (SSSR count). The van der Waals surface area contributed by atoms with E-state index in [-0.39, 0.29) is 40.0 Å². The molecule has 78 valence electrons. The monoisotopic (exact) mass is 277 g/mol. The van der Waals surface area contributed by atoms with Crippen molar-refractivity contribution in [1.29, 1.82) is 0 Å². The third-order valence-corrected chi connectivity index (χ3v) is 2.62. The summed E-state index contributed by atoms with van der Waals surface area (Å²) >= 11 is 0. The van der Waals surface area contributed by atoms with Crippen molar-refractivity contribution in [3.05, 3.63) is 29.8 Å². The standard InChI is InChI=1S/C12H16N.BrH.Mg/c1-11-6-5-7-12(10-11)13-8-3-2-4-9-13;;/h5-7H,2-4,8-9H2,1H3;1H;/q-1;;+2/p-1. The number of hydrogen-bond acceptors (Lipinski definition) is 1. The molecule has 1 aliphatic heterocycles. The van der Waals surface area contributed by atoms with Gasteiger partial charge in [0.15, 0.2) is 0 Å². The maximum absolute atomic E-state index is 3.40. The smallest absolute Gasteiger partial charge is 1.00 e. The number of aryl methyl sites for hydroxylation is 1. The number of anilines is 1. The van der Waals surface area contributed by atoms with Crippen LogP contribution in [0.1, 0.15) is 24.8 Å². The average Bonchev–Trinajstić information content (AvgIpc) is 2.19. The fourth-order valence-corrected chi connectivity index (χ4v) is 1.89. The predicted molar refractivity (Wildman–Crippen MR) is 61.8 cm³/mol. The van der Waals surface area contributed by atoms with Crippen molar-refractivity contribution in [2.45, 2.75) is 26.2 Å². The molecule has 1 nitrogen and oxygen atoms in total. The maximum Gasteiger partial charge on any atom is 2.00 e. The van der Waals surface area contributed by atoms with E-state index >= 15 is 0 Å². The van der Waals surface area contributed by atoms with Crippen LogP contribution in [0.3, 0.4) is 0 Å². The van der Waals surface area contributed by atoms with Crippen LogP contribution in [0.25, 0.3) is 0 Å². The van der Waals surface area contributed by atoms with E-state index in [0.29, 0.717) is 0 Å². The van der Waals surface area contributed by atoms with Crippen LogP contribution in [0.4, 0.5) is 5.69 Å². The van der Waals surface area contributed by atoms with Gasteiger partial charge >= 0.3 is 23.1 Å². The van der Waals surface area contributed by atoms with Gasteiger partial charge < -0.3 is 21.9 Å². The van der Waals surface area contributed by atoms with Gasteiger partial charge in [0.05, 0.1) is 0 Å². The van der Waals surface area contributed by atoms with E-state index in [1.54, 1.807) is 0 Å². The minimum Gasteiger partial charge on any atom is -1.00 e. The molecule has 0 spiro atoms. The topological polar surface area (TPSA) is 3.24 Å². The molecule has 0 atom stereocenters. The minimum absolute atomic E-state index is 0. The van der Waals surface area contributed by atoms with Crippen LogP contribution in [-0.2, 0) is 0 Å². The summed E-state index contributed by atoms with van der Waals surface area (Å²) < 4.78 is 0. The first-order valence-corrected chi connectivity index (χ1v) is 5.10. The van der Waals surface area contributed by atoms with Crippen molar-refractivity contribution in [3.8, 4) is 0 Å². The summed E-state index contributed by atoms with van der Waals surface area (Å²) in [6, 6.07) is 9.79. The van der Waals surface area contributed by atoms with E-state index in [1.165, 1.54) is 43.6 Å². The molecular weight excluding hydrogens is 262 g/mol. The molecular formula is C12H16BrMgN. The third-order valence-electron chi connectivity index (χ3n) is 2.62. The molecule has 0 aromatic heterocycles. The van der Waals surface area contributed by atoms with Crippen molar-refractivity contribution < 1.29 is 17.0 Å². The van der Waals surface area contributed by atoms with Gasteiger partial charge in [-0.05, 0) is 19.3 Å². The summed E-state index contributed by atoms with van der Waals surface area (Å²) in [4.78, 5) is 2.44. The summed E-state index contributed by atoms with van der Waals surface area (Å²) in [5, 5.41) is 0. The largest absolute Gasteiger partial charge is 2.00 e. The third kappa shape index (κ3) is 4.33. The van der Waals surface area contributed by atoms with E-state index in [4.69, 9.17) is 0 Å². The van der Waals surface area contributed by atoms with Crippen LogP contribution in [0.15, 0.2) is 18.2 Å². The Labute approximate surface area is 119 Å². The zero-order valence-corrected chi connectivity index (χ0v) is 12.3. The molecule has 0 aliphatic carbocycles. The van der Waals surface area contributed by atoms with Gasteiger partial charge in [-0.3, -0.25) is 0 Å². The first kappa shape index (κ1) is 15.3. The molecule has 1 fully saturated rings. The second kappa shape index (κ2) is 7.53. The molecule has 1 aromatic carbocycles. The van der Waals surface area contributed by atoms with Gasteiger partial charge in [-0.25, -0.2) is 0 Å². The predicted octanol–water partition coefficient (Wildman–Crippen LogP) is -0.591. The normalized spacial score (nSPS) is 15.1. The van der Waals surface area contributed by atoms with E-state index in [2.05, 4.69) is 36.1 Å². The maximum atomic E-state index is 3.40. The van der Waals surface area contributed by atoms with Crippen molar-refractivity contribution in [2.75, 3.05) is 18.0 Å². The minimum atomic E-state index is 0. The number of halogens is 1. The van der Waals surface area contributed by atoms with Gasteiger partial charge in [0.1, 0.15) is 0 Å². The SMILES string of the molecule is Cc1[c-]c(N2CCCCC2)ccc1.[Br-].[Mg+2]. The summed E-state index contributed by atoms with van der Waals surface area (Å²) in [7, 11) is 0. The van der Waals surface area contributed by atoms with E-state index in [9.17, 15) is 0 Å². The summed E-state index contributed by atoms with van der Waals surface area (Å²) in [5.74, 6) is 0. The Morgan fingerprint density at radius 3 is 2.40 bits per heavy atom. The Kier molecular flexibility index (Phi) is 7.66. The fraction of sp³-hybridized carbons (Fsp3) is 0.500. The van der Waals surface area contributed by atoms with Crippen LogP contribution in [0, 0.1) is 13.0 Å². The van der Waals surface area contributed by atoms with Gasteiger partial charge in [-0.1, -0.05) is 12.6 Å². The fourth-order valence-electron chi connectivity index (χ4n) is 1.89. The van der Waals surface area contributed by atoms with E-state index < -0.39 is 0 Å². The Hall–Kier alpha value is 0.266.